The fraction of sp³-hybridized carbons (Fsp3) is 0.286. The van der Waals surface area contributed by atoms with Crippen molar-refractivity contribution < 1.29 is 22.4 Å². The molecular weight excluding hydrogens is 370 g/mol. The third kappa shape index (κ3) is 2.61. The van der Waals surface area contributed by atoms with Gasteiger partial charge in [0.2, 0.25) is 0 Å². The van der Waals surface area contributed by atoms with Crippen molar-refractivity contribution in [2.24, 2.45) is 7.05 Å². The average molecular weight is 380 g/mol. The molecule has 0 saturated heterocycles. The summed E-state index contributed by atoms with van der Waals surface area (Å²) in [5.41, 5.74) is -1.98. The summed E-state index contributed by atoms with van der Waals surface area (Å²) in [5, 5.41) is -0.00876. The Balaban J connectivity index is 2.40. The zero-order valence-electron chi connectivity index (χ0n) is 12.7. The lowest BCUT2D eigenvalue weighted by atomic mass is 10.1. The van der Waals surface area contributed by atoms with Gasteiger partial charge in [-0.1, -0.05) is 11.6 Å². The van der Waals surface area contributed by atoms with Crippen LogP contribution in [0.15, 0.2) is 21.7 Å². The molecule has 0 saturated carbocycles. The molecule has 0 spiro atoms. The first-order chi connectivity index (χ1) is 11.5. The van der Waals surface area contributed by atoms with E-state index in [1.165, 1.54) is 0 Å². The third-order valence-corrected chi connectivity index (χ3v) is 4.11. The van der Waals surface area contributed by atoms with E-state index in [2.05, 4.69) is 5.48 Å². The predicted molar refractivity (Wildman–Crippen MR) is 79.4 cm³/mol. The first kappa shape index (κ1) is 17.5. The average Bonchev–Trinajstić information content (AvgIpc) is 2.87. The zero-order valence-corrected chi connectivity index (χ0v) is 13.5. The number of hydrogen-bond donors (Lipinski definition) is 1. The first-order valence-electron chi connectivity index (χ1n) is 6.89. The molecule has 1 aliphatic rings. The number of rotatable bonds is 1. The highest BCUT2D eigenvalue weighted by atomic mass is 35.5. The van der Waals surface area contributed by atoms with Gasteiger partial charge in [-0.2, -0.15) is 13.2 Å². The highest BCUT2D eigenvalue weighted by molar-refractivity contribution is 6.31. The van der Waals surface area contributed by atoms with Crippen LogP contribution in [0.25, 0.3) is 5.69 Å². The molecule has 6 nitrogen and oxygen atoms in total. The second kappa shape index (κ2) is 5.60. The van der Waals surface area contributed by atoms with Gasteiger partial charge in [-0.05, 0) is 13.0 Å². The van der Waals surface area contributed by atoms with E-state index in [1.807, 2.05) is 0 Å². The molecule has 0 aliphatic carbocycles. The molecule has 3 rings (SSSR count). The highest BCUT2D eigenvalue weighted by Crippen LogP contribution is 2.41. The van der Waals surface area contributed by atoms with Gasteiger partial charge >= 0.3 is 11.9 Å². The minimum atomic E-state index is -4.92. The second-order valence-corrected chi connectivity index (χ2v) is 5.82. The van der Waals surface area contributed by atoms with Gasteiger partial charge in [-0.15, -0.1) is 5.48 Å². The Hall–Kier alpha value is -2.33. The molecule has 134 valence electrons. The number of fused-ring (bicyclic) bond motifs is 1. The number of alkyl halides is 3. The SMILES string of the molecule is CC1NOc2c1c(Cl)cc(F)c2-n1c(=O)cc(C(F)(F)F)n(C)c1=O. The number of nitrogens with zero attached hydrogens (tertiary/aromatic N) is 2. The van der Waals surface area contributed by atoms with Crippen molar-refractivity contribution in [3.63, 3.8) is 0 Å². The fourth-order valence-electron chi connectivity index (χ4n) is 2.63. The van der Waals surface area contributed by atoms with Gasteiger partial charge in [0.15, 0.2) is 11.6 Å². The summed E-state index contributed by atoms with van der Waals surface area (Å²) in [6.07, 6.45) is -4.92. The van der Waals surface area contributed by atoms with E-state index >= 15 is 0 Å². The normalized spacial score (nSPS) is 16.7. The summed E-state index contributed by atoms with van der Waals surface area (Å²) < 4.78 is 53.7. The van der Waals surface area contributed by atoms with Crippen molar-refractivity contribution in [2.75, 3.05) is 0 Å². The Bertz CT molecular complexity index is 997. The molecule has 1 unspecified atom stereocenters. The van der Waals surface area contributed by atoms with Crippen molar-refractivity contribution >= 4 is 11.6 Å². The van der Waals surface area contributed by atoms with Crippen molar-refractivity contribution in [3.8, 4) is 11.4 Å². The number of nitrogens with one attached hydrogen (secondary N) is 1. The summed E-state index contributed by atoms with van der Waals surface area (Å²) in [4.78, 5) is 29.6. The fourth-order valence-corrected chi connectivity index (χ4v) is 2.97. The van der Waals surface area contributed by atoms with E-state index in [-0.39, 0.29) is 31.5 Å². The number of hydroxylamine groups is 1. The van der Waals surface area contributed by atoms with E-state index in [4.69, 9.17) is 16.4 Å². The van der Waals surface area contributed by atoms with Gasteiger partial charge in [0.1, 0.15) is 11.4 Å². The van der Waals surface area contributed by atoms with Gasteiger partial charge in [0, 0.05) is 18.7 Å². The van der Waals surface area contributed by atoms with E-state index in [0.29, 0.717) is 0 Å². The molecule has 1 aromatic heterocycles. The lowest BCUT2D eigenvalue weighted by Gasteiger charge is -2.16. The minimum Gasteiger partial charge on any atom is -0.405 e. The molecule has 1 N–H and O–H groups in total. The van der Waals surface area contributed by atoms with Crippen LogP contribution in [0.3, 0.4) is 0 Å². The molecule has 0 bridgehead atoms. The second-order valence-electron chi connectivity index (χ2n) is 5.42. The van der Waals surface area contributed by atoms with Crippen LogP contribution in [-0.4, -0.2) is 9.13 Å². The number of hydrogen-bond acceptors (Lipinski definition) is 4. The van der Waals surface area contributed by atoms with Gasteiger partial charge in [0.05, 0.1) is 11.1 Å². The molecule has 2 aromatic rings. The van der Waals surface area contributed by atoms with Crippen LogP contribution in [0, 0.1) is 5.82 Å². The summed E-state index contributed by atoms with van der Waals surface area (Å²) in [5.74, 6) is -1.31. The van der Waals surface area contributed by atoms with Gasteiger partial charge in [-0.3, -0.25) is 9.36 Å². The molecule has 25 heavy (non-hydrogen) atoms. The quantitative estimate of drug-likeness (QED) is 0.772. The number of aromatic nitrogens is 2. The summed E-state index contributed by atoms with van der Waals surface area (Å²) >= 11 is 5.95. The zero-order chi connectivity index (χ0) is 18.7. The molecule has 1 aromatic carbocycles. The Kier molecular flexibility index (Phi) is 3.92. The van der Waals surface area contributed by atoms with Gasteiger partial charge in [-0.25, -0.2) is 13.8 Å². The van der Waals surface area contributed by atoms with Crippen LogP contribution in [0.2, 0.25) is 5.02 Å². The molecule has 0 radical (unpaired) electrons. The van der Waals surface area contributed by atoms with E-state index in [1.54, 1.807) is 6.92 Å². The largest absolute Gasteiger partial charge is 0.431 e. The van der Waals surface area contributed by atoms with Crippen LogP contribution in [0.4, 0.5) is 17.6 Å². The van der Waals surface area contributed by atoms with Crippen molar-refractivity contribution in [3.05, 3.63) is 55.1 Å². The maximum absolute atomic E-state index is 14.4. The molecule has 0 amide bonds. The van der Waals surface area contributed by atoms with Gasteiger partial charge in [0.25, 0.3) is 5.56 Å². The molecule has 1 aliphatic heterocycles. The Morgan fingerprint density at radius 1 is 1.28 bits per heavy atom. The number of benzene rings is 1. The van der Waals surface area contributed by atoms with Crippen LogP contribution in [-0.2, 0) is 13.2 Å². The molecule has 0 fully saturated rings. The Morgan fingerprint density at radius 3 is 2.52 bits per heavy atom. The maximum Gasteiger partial charge on any atom is 0.431 e. The standard InChI is InChI=1S/C14H10ClF4N3O3/c1-5-10-6(15)3-7(16)11(12(10)25-20-5)22-9(23)4-8(14(17,18)19)21(2)13(22)24/h3-5,20H,1-2H3. The molecule has 2 heterocycles. The summed E-state index contributed by atoms with van der Waals surface area (Å²) in [7, 11) is 0.830. The topological polar surface area (TPSA) is 65.3 Å². The van der Waals surface area contributed by atoms with E-state index in [9.17, 15) is 27.2 Å². The summed E-state index contributed by atoms with van der Waals surface area (Å²) in [6.45, 7) is 1.63. The van der Waals surface area contributed by atoms with Crippen molar-refractivity contribution in [1.82, 2.24) is 14.6 Å². The first-order valence-corrected chi connectivity index (χ1v) is 7.26. The van der Waals surface area contributed by atoms with Crippen LogP contribution in [0.1, 0.15) is 24.2 Å². The van der Waals surface area contributed by atoms with Crippen molar-refractivity contribution in [1.29, 1.82) is 0 Å². The molecule has 1 atom stereocenters. The van der Waals surface area contributed by atoms with E-state index in [0.717, 1.165) is 13.1 Å². The smallest absolute Gasteiger partial charge is 0.405 e. The predicted octanol–water partition coefficient (Wildman–Crippen LogP) is 2.31. The Morgan fingerprint density at radius 2 is 1.92 bits per heavy atom. The van der Waals surface area contributed by atoms with Crippen LogP contribution >= 0.6 is 11.6 Å². The third-order valence-electron chi connectivity index (χ3n) is 3.80. The maximum atomic E-state index is 14.4. The lowest BCUT2D eigenvalue weighted by Crippen LogP contribution is -2.41. The summed E-state index contributed by atoms with van der Waals surface area (Å²) in [6, 6.07) is 0.607. The van der Waals surface area contributed by atoms with Crippen molar-refractivity contribution in [2.45, 2.75) is 19.1 Å². The lowest BCUT2D eigenvalue weighted by molar-refractivity contribution is -0.144. The van der Waals surface area contributed by atoms with Crippen LogP contribution in [0.5, 0.6) is 5.75 Å². The monoisotopic (exact) mass is 379 g/mol. The van der Waals surface area contributed by atoms with Gasteiger partial charge < -0.3 is 4.84 Å². The van der Waals surface area contributed by atoms with Crippen LogP contribution < -0.4 is 21.6 Å². The highest BCUT2D eigenvalue weighted by Gasteiger charge is 2.36. The van der Waals surface area contributed by atoms with E-state index < -0.39 is 40.7 Å². The minimum absolute atomic E-state index is 0.00876. The molecular formula is C14H10ClF4N3O3. The molecule has 11 heteroatoms. The Labute approximate surface area is 142 Å². The number of halogens is 5.